The van der Waals surface area contributed by atoms with Crippen molar-refractivity contribution in [3.05, 3.63) is 70.9 Å². The Morgan fingerprint density at radius 3 is 2.39 bits per heavy atom. The Morgan fingerprint density at radius 1 is 1.04 bits per heavy atom. The second-order valence-electron chi connectivity index (χ2n) is 7.90. The first kappa shape index (κ1) is 26.4. The van der Waals surface area contributed by atoms with Crippen molar-refractivity contribution in [1.29, 1.82) is 0 Å². The Morgan fingerprint density at radius 2 is 1.75 bits per heavy atom. The van der Waals surface area contributed by atoms with E-state index in [1.165, 1.54) is 36.0 Å². The highest BCUT2D eigenvalue weighted by Gasteiger charge is 2.26. The lowest BCUT2D eigenvalue weighted by Crippen LogP contribution is -2.19. The minimum atomic E-state index is 0.306. The van der Waals surface area contributed by atoms with Crippen LogP contribution in [0.4, 0.5) is 0 Å². The van der Waals surface area contributed by atoms with E-state index in [0.717, 1.165) is 6.42 Å². The molecule has 28 heavy (non-hydrogen) atoms. The minimum Gasteiger partial charge on any atom is -0.373 e. The van der Waals surface area contributed by atoms with Crippen LogP contribution in [0.15, 0.2) is 70.9 Å². The monoisotopic (exact) mass is 384 g/mol. The summed E-state index contributed by atoms with van der Waals surface area (Å²) in [5.74, 6) is 0. The third-order valence-electron chi connectivity index (χ3n) is 4.91. The first-order valence-electron chi connectivity index (χ1n) is 11.0. The molecule has 1 rings (SSSR count). The lowest BCUT2D eigenvalue weighted by Gasteiger charge is -2.32. The molecule has 158 valence electrons. The summed E-state index contributed by atoms with van der Waals surface area (Å²) in [5.41, 5.74) is 5.88. The van der Waals surface area contributed by atoms with E-state index in [2.05, 4.69) is 90.2 Å². The van der Waals surface area contributed by atoms with Gasteiger partial charge < -0.3 is 4.74 Å². The average molecular weight is 385 g/mol. The fourth-order valence-electron chi connectivity index (χ4n) is 3.26. The van der Waals surface area contributed by atoms with Crippen LogP contribution >= 0.6 is 0 Å². The molecule has 0 unspecified atom stereocenters. The molecular weight excluding hydrogens is 340 g/mol. The Kier molecular flexibility index (Phi) is 14.5. The molecular formula is C27H44O. The van der Waals surface area contributed by atoms with E-state index in [9.17, 15) is 0 Å². The van der Waals surface area contributed by atoms with E-state index < -0.39 is 0 Å². The van der Waals surface area contributed by atoms with E-state index in [1.807, 2.05) is 13.8 Å². The molecule has 0 saturated heterocycles. The molecule has 0 atom stereocenters. The molecule has 0 bridgehead atoms. The standard InChI is InChI=1S/C25H38O.C2H6/c1-7-8-9-19-26-20-17-22(3)13-10-12-21(2)15-16-24-23(4)14-11-18-25(24,5)6;1-2/h8-10,12-13,15-17H,7,11,14,18-20H2,1-6H3;1-2H3/b9-8+,13-10+,16-15+,21-12+,22-17+;. The van der Waals surface area contributed by atoms with Crippen LogP contribution in [0.2, 0.25) is 0 Å². The van der Waals surface area contributed by atoms with Crippen LogP contribution in [0.5, 0.6) is 0 Å². The number of ether oxygens (including phenoxy) is 1. The highest BCUT2D eigenvalue weighted by Crippen LogP contribution is 2.40. The van der Waals surface area contributed by atoms with Crippen LogP contribution in [0.25, 0.3) is 0 Å². The van der Waals surface area contributed by atoms with Gasteiger partial charge in [0.2, 0.25) is 0 Å². The van der Waals surface area contributed by atoms with Gasteiger partial charge >= 0.3 is 0 Å². The second kappa shape index (κ2) is 15.3. The highest BCUT2D eigenvalue weighted by molar-refractivity contribution is 5.37. The van der Waals surface area contributed by atoms with Gasteiger partial charge in [0.25, 0.3) is 0 Å². The molecule has 0 N–H and O–H groups in total. The van der Waals surface area contributed by atoms with E-state index >= 15 is 0 Å². The third-order valence-corrected chi connectivity index (χ3v) is 4.91. The molecule has 1 aliphatic rings. The zero-order chi connectivity index (χ0) is 21.4. The Hall–Kier alpha value is -1.60. The van der Waals surface area contributed by atoms with Gasteiger partial charge in [-0.2, -0.15) is 0 Å². The van der Waals surface area contributed by atoms with Crippen LogP contribution in [0.1, 0.15) is 81.1 Å². The van der Waals surface area contributed by atoms with Crippen molar-refractivity contribution in [2.45, 2.75) is 81.1 Å². The van der Waals surface area contributed by atoms with Crippen LogP contribution in [0, 0.1) is 5.41 Å². The number of hydrogen-bond acceptors (Lipinski definition) is 1. The smallest absolute Gasteiger partial charge is 0.0657 e. The predicted molar refractivity (Wildman–Crippen MR) is 128 cm³/mol. The van der Waals surface area contributed by atoms with Gasteiger partial charge in [-0.15, -0.1) is 0 Å². The van der Waals surface area contributed by atoms with Gasteiger partial charge in [-0.05, 0) is 57.4 Å². The molecule has 0 radical (unpaired) electrons. The van der Waals surface area contributed by atoms with Crippen LogP contribution < -0.4 is 0 Å². The maximum atomic E-state index is 5.54. The number of hydrogen-bond donors (Lipinski definition) is 0. The van der Waals surface area contributed by atoms with Crippen molar-refractivity contribution in [3.8, 4) is 0 Å². The molecule has 0 fully saturated rings. The van der Waals surface area contributed by atoms with Crippen molar-refractivity contribution < 1.29 is 4.74 Å². The molecule has 0 aliphatic heterocycles. The average Bonchev–Trinajstić information content (AvgIpc) is 2.65. The molecule has 0 aromatic carbocycles. The molecule has 1 heteroatoms. The Balaban J connectivity index is 0.00000352. The highest BCUT2D eigenvalue weighted by atomic mass is 16.5. The number of allylic oxidation sites excluding steroid dienone is 10. The molecule has 0 spiro atoms. The second-order valence-corrected chi connectivity index (χ2v) is 7.90. The molecule has 0 saturated carbocycles. The zero-order valence-electron chi connectivity index (χ0n) is 19.8. The van der Waals surface area contributed by atoms with E-state index in [4.69, 9.17) is 4.74 Å². The summed E-state index contributed by atoms with van der Waals surface area (Å²) in [6.45, 7) is 18.8. The van der Waals surface area contributed by atoms with E-state index in [1.54, 1.807) is 5.57 Å². The summed E-state index contributed by atoms with van der Waals surface area (Å²) in [6.07, 6.45) is 22.2. The lowest BCUT2D eigenvalue weighted by atomic mass is 9.72. The third kappa shape index (κ3) is 11.3. The predicted octanol–water partition coefficient (Wildman–Crippen LogP) is 8.53. The summed E-state index contributed by atoms with van der Waals surface area (Å²) in [6, 6.07) is 0. The molecule has 0 aromatic rings. The van der Waals surface area contributed by atoms with Gasteiger partial charge in [0.1, 0.15) is 0 Å². The van der Waals surface area contributed by atoms with Crippen LogP contribution in [0.3, 0.4) is 0 Å². The summed E-state index contributed by atoms with van der Waals surface area (Å²) < 4.78 is 5.54. The Labute approximate surface area is 175 Å². The van der Waals surface area contributed by atoms with Crippen molar-refractivity contribution >= 4 is 0 Å². The fourth-order valence-corrected chi connectivity index (χ4v) is 3.26. The molecule has 1 nitrogen and oxygen atoms in total. The SMILES string of the molecule is CC.CC/C=C/COC/C=C(C)/C=C/C=C(C)/C=C/C1=C(C)CCCC1(C)C. The first-order chi connectivity index (χ1) is 13.4. The number of rotatable bonds is 9. The maximum Gasteiger partial charge on any atom is 0.0657 e. The van der Waals surface area contributed by atoms with Gasteiger partial charge in [-0.25, -0.2) is 0 Å². The normalized spacial score (nSPS) is 18.3. The fraction of sp³-hybridized carbons (Fsp3) is 0.556. The lowest BCUT2D eigenvalue weighted by molar-refractivity contribution is 0.193. The molecule has 1 aliphatic carbocycles. The molecule has 0 heterocycles. The van der Waals surface area contributed by atoms with Crippen molar-refractivity contribution in [2.75, 3.05) is 13.2 Å². The summed E-state index contributed by atoms with van der Waals surface area (Å²) in [4.78, 5) is 0. The van der Waals surface area contributed by atoms with Gasteiger partial charge in [0.15, 0.2) is 0 Å². The van der Waals surface area contributed by atoms with Gasteiger partial charge in [-0.1, -0.05) is 99.9 Å². The minimum absolute atomic E-state index is 0.306. The van der Waals surface area contributed by atoms with Crippen molar-refractivity contribution in [1.82, 2.24) is 0 Å². The summed E-state index contributed by atoms with van der Waals surface area (Å²) >= 11 is 0. The van der Waals surface area contributed by atoms with E-state index in [0.29, 0.717) is 18.6 Å². The quantitative estimate of drug-likeness (QED) is 0.220. The largest absolute Gasteiger partial charge is 0.373 e. The molecule has 0 amide bonds. The topological polar surface area (TPSA) is 9.23 Å². The van der Waals surface area contributed by atoms with E-state index in [-0.39, 0.29) is 0 Å². The van der Waals surface area contributed by atoms with Gasteiger partial charge in [-0.3, -0.25) is 0 Å². The van der Waals surface area contributed by atoms with Gasteiger partial charge in [0.05, 0.1) is 13.2 Å². The zero-order valence-corrected chi connectivity index (χ0v) is 19.8. The van der Waals surface area contributed by atoms with Crippen LogP contribution in [-0.4, -0.2) is 13.2 Å². The Bertz CT molecular complexity index is 606. The molecule has 0 aromatic heterocycles. The van der Waals surface area contributed by atoms with Crippen molar-refractivity contribution in [3.63, 3.8) is 0 Å². The van der Waals surface area contributed by atoms with Crippen molar-refractivity contribution in [2.24, 2.45) is 5.41 Å². The maximum absolute atomic E-state index is 5.54. The summed E-state index contributed by atoms with van der Waals surface area (Å²) in [5, 5.41) is 0. The summed E-state index contributed by atoms with van der Waals surface area (Å²) in [7, 11) is 0. The van der Waals surface area contributed by atoms with Crippen LogP contribution in [-0.2, 0) is 4.74 Å². The first-order valence-corrected chi connectivity index (χ1v) is 11.0. The van der Waals surface area contributed by atoms with Gasteiger partial charge in [0, 0.05) is 0 Å².